The summed E-state index contributed by atoms with van der Waals surface area (Å²) in [5, 5.41) is 9.25. The van der Waals surface area contributed by atoms with E-state index in [0.29, 0.717) is 11.8 Å². The van der Waals surface area contributed by atoms with Crippen molar-refractivity contribution >= 4 is 5.97 Å². The minimum absolute atomic E-state index is 0.0575. The van der Waals surface area contributed by atoms with E-state index in [1.165, 1.54) is 19.3 Å². The van der Waals surface area contributed by atoms with Crippen molar-refractivity contribution in [3.05, 3.63) is 0 Å². The van der Waals surface area contributed by atoms with E-state index in [1.807, 2.05) is 0 Å². The van der Waals surface area contributed by atoms with E-state index >= 15 is 0 Å². The van der Waals surface area contributed by atoms with Crippen molar-refractivity contribution in [3.8, 4) is 6.07 Å². The maximum atomic E-state index is 12.1. The third kappa shape index (κ3) is 1.02. The van der Waals surface area contributed by atoms with Gasteiger partial charge < -0.3 is 4.74 Å². The molecule has 5 aliphatic rings. The first kappa shape index (κ1) is 10.7. The van der Waals surface area contributed by atoms with Crippen LogP contribution in [0.1, 0.15) is 26.2 Å². The molecule has 0 radical (unpaired) electrons. The molecular formula is C16H19NO2. The molecule has 19 heavy (non-hydrogen) atoms. The number of hydrogen-bond acceptors (Lipinski definition) is 3. The monoisotopic (exact) mass is 257 g/mol. The van der Waals surface area contributed by atoms with Crippen LogP contribution in [0.4, 0.5) is 0 Å². The zero-order valence-electron chi connectivity index (χ0n) is 11.2. The van der Waals surface area contributed by atoms with Crippen molar-refractivity contribution in [2.24, 2.45) is 53.3 Å². The molecule has 1 heterocycles. The van der Waals surface area contributed by atoms with Crippen LogP contribution in [0.3, 0.4) is 0 Å². The number of esters is 1. The van der Waals surface area contributed by atoms with Gasteiger partial charge in [0.05, 0.1) is 5.92 Å². The van der Waals surface area contributed by atoms with Gasteiger partial charge in [-0.3, -0.25) is 4.79 Å². The topological polar surface area (TPSA) is 50.1 Å². The number of hydrogen-bond donors (Lipinski definition) is 0. The molecule has 4 saturated carbocycles. The molecule has 0 aromatic rings. The molecule has 1 aliphatic heterocycles. The molecule has 1 saturated heterocycles. The Balaban J connectivity index is 1.57. The van der Waals surface area contributed by atoms with Crippen LogP contribution in [-0.2, 0) is 9.53 Å². The standard InChI is InChI=1S/C16H19NO2/c1-6-2-7-3-8(6)13-10-4-9(12(7)13)14-11(5-17)19-16(18)15(10)14/h6-15H,2-4H2,1H3. The number of nitrogens with zero attached hydrogens (tertiary/aromatic N) is 1. The Morgan fingerprint density at radius 1 is 1.11 bits per heavy atom. The van der Waals surface area contributed by atoms with E-state index in [1.54, 1.807) is 0 Å². The maximum absolute atomic E-state index is 12.1. The first-order valence-electron chi connectivity index (χ1n) is 7.81. The van der Waals surface area contributed by atoms with E-state index in [0.717, 1.165) is 29.6 Å². The van der Waals surface area contributed by atoms with Gasteiger partial charge in [-0.25, -0.2) is 0 Å². The highest BCUT2D eigenvalue weighted by atomic mass is 16.6. The van der Waals surface area contributed by atoms with E-state index in [4.69, 9.17) is 4.74 Å². The number of ether oxygens (including phenoxy) is 1. The van der Waals surface area contributed by atoms with Gasteiger partial charge in [0.2, 0.25) is 0 Å². The third-order valence-electron chi connectivity index (χ3n) is 7.36. The van der Waals surface area contributed by atoms with E-state index in [2.05, 4.69) is 13.0 Å². The quantitative estimate of drug-likeness (QED) is 0.494. The van der Waals surface area contributed by atoms with Crippen LogP contribution in [0.15, 0.2) is 0 Å². The first-order valence-corrected chi connectivity index (χ1v) is 7.81. The Morgan fingerprint density at radius 3 is 2.74 bits per heavy atom. The van der Waals surface area contributed by atoms with Gasteiger partial charge in [0, 0.05) is 5.92 Å². The molecule has 3 heteroatoms. The number of carbonyl (C=O) groups excluding carboxylic acids is 1. The van der Waals surface area contributed by atoms with Crippen LogP contribution >= 0.6 is 0 Å². The lowest BCUT2D eigenvalue weighted by Gasteiger charge is -2.41. The molecule has 0 amide bonds. The molecule has 4 aliphatic carbocycles. The summed E-state index contributed by atoms with van der Waals surface area (Å²) in [6.45, 7) is 2.40. The predicted octanol–water partition coefficient (Wildman–Crippen LogP) is 2.23. The summed E-state index contributed by atoms with van der Waals surface area (Å²) >= 11 is 0. The Morgan fingerprint density at radius 2 is 1.95 bits per heavy atom. The summed E-state index contributed by atoms with van der Waals surface area (Å²) in [4.78, 5) is 12.1. The van der Waals surface area contributed by atoms with Crippen LogP contribution < -0.4 is 0 Å². The minimum atomic E-state index is -0.440. The third-order valence-corrected chi connectivity index (χ3v) is 7.36. The average Bonchev–Trinajstić information content (AvgIpc) is 3.10. The maximum Gasteiger partial charge on any atom is 0.311 e. The Labute approximate surface area is 113 Å². The SMILES string of the molecule is CC1CC2CC1C1C3CC(C4C(C#N)OC(=O)C34)C21. The summed E-state index contributed by atoms with van der Waals surface area (Å²) in [6.07, 6.45) is 3.55. The van der Waals surface area contributed by atoms with Crippen LogP contribution in [-0.4, -0.2) is 12.1 Å². The van der Waals surface area contributed by atoms with Crippen molar-refractivity contribution in [3.63, 3.8) is 0 Å². The van der Waals surface area contributed by atoms with Crippen molar-refractivity contribution in [1.29, 1.82) is 5.26 Å². The zero-order valence-corrected chi connectivity index (χ0v) is 11.2. The highest BCUT2D eigenvalue weighted by molar-refractivity contribution is 5.77. The van der Waals surface area contributed by atoms with Crippen LogP contribution in [0, 0.1) is 64.6 Å². The summed E-state index contributed by atoms with van der Waals surface area (Å²) < 4.78 is 5.34. The highest BCUT2D eigenvalue weighted by Crippen LogP contribution is 2.72. The van der Waals surface area contributed by atoms with Gasteiger partial charge in [0.25, 0.3) is 0 Å². The second-order valence-electron chi connectivity index (χ2n) is 7.68. The fourth-order valence-corrected chi connectivity index (χ4v) is 7.14. The van der Waals surface area contributed by atoms with Crippen LogP contribution in [0.2, 0.25) is 0 Å². The van der Waals surface area contributed by atoms with Gasteiger partial charge in [-0.1, -0.05) is 6.92 Å². The average molecular weight is 257 g/mol. The van der Waals surface area contributed by atoms with Gasteiger partial charge in [-0.2, -0.15) is 5.26 Å². The molecule has 4 bridgehead atoms. The second-order valence-corrected chi connectivity index (χ2v) is 7.68. The van der Waals surface area contributed by atoms with Gasteiger partial charge in [0.15, 0.2) is 6.10 Å². The van der Waals surface area contributed by atoms with E-state index < -0.39 is 6.10 Å². The first-order chi connectivity index (χ1) is 9.20. The van der Waals surface area contributed by atoms with Crippen molar-refractivity contribution in [2.45, 2.75) is 32.3 Å². The predicted molar refractivity (Wildman–Crippen MR) is 66.4 cm³/mol. The molecule has 10 atom stereocenters. The molecule has 10 unspecified atom stereocenters. The van der Waals surface area contributed by atoms with Crippen molar-refractivity contribution in [1.82, 2.24) is 0 Å². The smallest absolute Gasteiger partial charge is 0.311 e. The fourth-order valence-electron chi connectivity index (χ4n) is 7.14. The molecule has 0 aromatic carbocycles. The number of rotatable bonds is 0. The Kier molecular flexibility index (Phi) is 1.78. The minimum Gasteiger partial charge on any atom is -0.446 e. The molecule has 0 aromatic heterocycles. The summed E-state index contributed by atoms with van der Waals surface area (Å²) in [5.74, 6) is 5.60. The number of cyclic esters (lactones) is 1. The molecule has 3 nitrogen and oxygen atoms in total. The molecule has 0 N–H and O–H groups in total. The number of nitriles is 1. The van der Waals surface area contributed by atoms with E-state index in [9.17, 15) is 10.1 Å². The zero-order chi connectivity index (χ0) is 12.9. The lowest BCUT2D eigenvalue weighted by atomic mass is 9.61. The van der Waals surface area contributed by atoms with Gasteiger partial charge in [-0.15, -0.1) is 0 Å². The molecule has 5 rings (SSSR count). The Bertz CT molecular complexity index is 509. The largest absolute Gasteiger partial charge is 0.446 e. The number of carbonyl (C=O) groups is 1. The second kappa shape index (κ2) is 3.16. The van der Waals surface area contributed by atoms with Gasteiger partial charge >= 0.3 is 5.97 Å². The summed E-state index contributed by atoms with van der Waals surface area (Å²) in [6, 6.07) is 2.24. The summed E-state index contributed by atoms with van der Waals surface area (Å²) in [7, 11) is 0. The van der Waals surface area contributed by atoms with Crippen LogP contribution in [0.5, 0.6) is 0 Å². The fraction of sp³-hybridized carbons (Fsp3) is 0.875. The van der Waals surface area contributed by atoms with E-state index in [-0.39, 0.29) is 17.8 Å². The summed E-state index contributed by atoms with van der Waals surface area (Å²) in [5.41, 5.74) is 0. The number of fused-ring (bicyclic) bond motifs is 12. The lowest BCUT2D eigenvalue weighted by molar-refractivity contribution is -0.144. The lowest BCUT2D eigenvalue weighted by Crippen LogP contribution is -2.41. The molecule has 5 fully saturated rings. The van der Waals surface area contributed by atoms with Gasteiger partial charge in [-0.05, 0) is 60.7 Å². The van der Waals surface area contributed by atoms with Crippen LogP contribution in [0.25, 0.3) is 0 Å². The normalized spacial score (nSPS) is 63.9. The van der Waals surface area contributed by atoms with Gasteiger partial charge in [0.1, 0.15) is 6.07 Å². The molecule has 0 spiro atoms. The Hall–Kier alpha value is -1.04. The molecule has 100 valence electrons. The highest BCUT2D eigenvalue weighted by Gasteiger charge is 2.71. The van der Waals surface area contributed by atoms with Crippen molar-refractivity contribution in [2.75, 3.05) is 0 Å². The molecular weight excluding hydrogens is 238 g/mol. The van der Waals surface area contributed by atoms with Crippen molar-refractivity contribution < 1.29 is 9.53 Å².